The quantitative estimate of drug-likeness (QED) is 0.894. The lowest BCUT2D eigenvalue weighted by molar-refractivity contribution is 0.396. The Labute approximate surface area is 124 Å². The molecule has 0 aliphatic carbocycles. The van der Waals surface area contributed by atoms with E-state index in [0.29, 0.717) is 30.2 Å². The number of rotatable bonds is 4. The molecule has 1 fully saturated rings. The van der Waals surface area contributed by atoms with E-state index in [1.165, 1.54) is 4.68 Å². The van der Waals surface area contributed by atoms with E-state index in [9.17, 15) is 4.79 Å². The average molecular weight is 299 g/mol. The molecule has 1 aliphatic heterocycles. The predicted octanol–water partition coefficient (Wildman–Crippen LogP) is 2.11. The van der Waals surface area contributed by atoms with E-state index in [0.717, 1.165) is 19.4 Å². The van der Waals surface area contributed by atoms with Gasteiger partial charge in [-0.05, 0) is 32.2 Å². The highest BCUT2D eigenvalue weighted by Crippen LogP contribution is 2.20. The molecule has 5 nitrogen and oxygen atoms in total. The first kappa shape index (κ1) is 15.3. The van der Waals surface area contributed by atoms with Gasteiger partial charge in [-0.1, -0.05) is 25.4 Å². The van der Waals surface area contributed by atoms with Crippen molar-refractivity contribution in [1.82, 2.24) is 15.1 Å². The van der Waals surface area contributed by atoms with E-state index in [1.54, 1.807) is 6.20 Å². The number of hydrogen-bond acceptors (Lipinski definition) is 4. The van der Waals surface area contributed by atoms with Gasteiger partial charge in [0.1, 0.15) is 5.02 Å². The number of piperidine rings is 1. The zero-order chi connectivity index (χ0) is 14.7. The summed E-state index contributed by atoms with van der Waals surface area (Å²) in [6.07, 6.45) is 3.71. The molecule has 6 heteroatoms. The van der Waals surface area contributed by atoms with Crippen molar-refractivity contribution in [2.24, 2.45) is 5.92 Å². The van der Waals surface area contributed by atoms with Crippen LogP contribution in [0.25, 0.3) is 0 Å². The third-order valence-electron chi connectivity index (χ3n) is 3.51. The van der Waals surface area contributed by atoms with Crippen LogP contribution in [-0.2, 0) is 6.54 Å². The molecule has 0 radical (unpaired) electrons. The standard InChI is InChI=1S/C14H23ClN4O/c1-9(2)8-19-14(20)13(15)12(7-17-19)18-11-4-5-16-10(3)6-11/h7,9-11,16,18H,4-6,8H2,1-3H3. The number of nitrogens with one attached hydrogen (secondary N) is 2. The van der Waals surface area contributed by atoms with Crippen LogP contribution in [-0.4, -0.2) is 28.4 Å². The number of hydrogen-bond donors (Lipinski definition) is 2. The normalized spacial score (nSPS) is 23.1. The summed E-state index contributed by atoms with van der Waals surface area (Å²) in [6, 6.07) is 0.820. The van der Waals surface area contributed by atoms with Gasteiger partial charge in [0.25, 0.3) is 5.56 Å². The number of nitrogens with zero attached hydrogens (tertiary/aromatic N) is 2. The Morgan fingerprint density at radius 1 is 1.60 bits per heavy atom. The van der Waals surface area contributed by atoms with Crippen LogP contribution >= 0.6 is 11.6 Å². The monoisotopic (exact) mass is 298 g/mol. The van der Waals surface area contributed by atoms with Crippen molar-refractivity contribution in [3.05, 3.63) is 21.6 Å². The van der Waals surface area contributed by atoms with Gasteiger partial charge < -0.3 is 10.6 Å². The van der Waals surface area contributed by atoms with Gasteiger partial charge in [0, 0.05) is 18.6 Å². The molecule has 112 valence electrons. The van der Waals surface area contributed by atoms with Crippen LogP contribution in [0, 0.1) is 5.92 Å². The van der Waals surface area contributed by atoms with Crippen molar-refractivity contribution < 1.29 is 0 Å². The maximum atomic E-state index is 12.1. The fourth-order valence-corrected chi connectivity index (χ4v) is 2.73. The number of aromatic nitrogens is 2. The van der Waals surface area contributed by atoms with Gasteiger partial charge in [-0.2, -0.15) is 5.10 Å². The first-order valence-corrected chi connectivity index (χ1v) is 7.60. The molecular formula is C14H23ClN4O. The Kier molecular flexibility index (Phi) is 5.05. The van der Waals surface area contributed by atoms with Gasteiger partial charge in [0.05, 0.1) is 11.9 Å². The Balaban J connectivity index is 2.13. The molecule has 2 N–H and O–H groups in total. The van der Waals surface area contributed by atoms with Crippen LogP contribution in [0.2, 0.25) is 5.02 Å². The minimum atomic E-state index is -0.215. The van der Waals surface area contributed by atoms with E-state index in [1.807, 2.05) is 13.8 Å². The summed E-state index contributed by atoms with van der Waals surface area (Å²) < 4.78 is 1.43. The SMILES string of the molecule is CC(C)Cn1ncc(NC2CCNC(C)C2)c(Cl)c1=O. The highest BCUT2D eigenvalue weighted by Gasteiger charge is 2.20. The molecule has 0 bridgehead atoms. The lowest BCUT2D eigenvalue weighted by atomic mass is 10.0. The maximum absolute atomic E-state index is 12.1. The van der Waals surface area contributed by atoms with Crippen molar-refractivity contribution in [2.75, 3.05) is 11.9 Å². The Morgan fingerprint density at radius 3 is 3.00 bits per heavy atom. The third-order valence-corrected chi connectivity index (χ3v) is 3.87. The van der Waals surface area contributed by atoms with E-state index in [4.69, 9.17) is 11.6 Å². The first-order valence-electron chi connectivity index (χ1n) is 7.23. The summed E-state index contributed by atoms with van der Waals surface area (Å²) in [4.78, 5) is 12.1. The minimum absolute atomic E-state index is 0.215. The lowest BCUT2D eigenvalue weighted by Gasteiger charge is -2.29. The zero-order valence-corrected chi connectivity index (χ0v) is 13.1. The van der Waals surface area contributed by atoms with E-state index in [-0.39, 0.29) is 10.6 Å². The van der Waals surface area contributed by atoms with E-state index in [2.05, 4.69) is 22.7 Å². The molecule has 0 spiro atoms. The van der Waals surface area contributed by atoms with Crippen LogP contribution in [0.3, 0.4) is 0 Å². The van der Waals surface area contributed by atoms with Crippen molar-refractivity contribution in [3.63, 3.8) is 0 Å². The summed E-state index contributed by atoms with van der Waals surface area (Å²) in [5, 5.41) is 11.2. The highest BCUT2D eigenvalue weighted by atomic mass is 35.5. The topological polar surface area (TPSA) is 59.0 Å². The van der Waals surface area contributed by atoms with Crippen LogP contribution < -0.4 is 16.2 Å². The largest absolute Gasteiger partial charge is 0.380 e. The molecule has 0 saturated carbocycles. The van der Waals surface area contributed by atoms with Gasteiger partial charge in [0.2, 0.25) is 0 Å². The Bertz CT molecular complexity index is 514. The van der Waals surface area contributed by atoms with Gasteiger partial charge in [-0.3, -0.25) is 4.79 Å². The zero-order valence-electron chi connectivity index (χ0n) is 12.3. The van der Waals surface area contributed by atoms with Crippen molar-refractivity contribution >= 4 is 17.3 Å². The number of anilines is 1. The van der Waals surface area contributed by atoms with Gasteiger partial charge in [0.15, 0.2) is 0 Å². The van der Waals surface area contributed by atoms with Crippen LogP contribution in [0.4, 0.5) is 5.69 Å². The molecule has 2 heterocycles. The molecule has 1 aromatic heterocycles. The fourth-order valence-electron chi connectivity index (χ4n) is 2.52. The van der Waals surface area contributed by atoms with Gasteiger partial charge in [-0.15, -0.1) is 0 Å². The predicted molar refractivity (Wildman–Crippen MR) is 82.5 cm³/mol. The summed E-state index contributed by atoms with van der Waals surface area (Å²) in [5.41, 5.74) is 0.433. The first-order chi connectivity index (χ1) is 9.47. The molecular weight excluding hydrogens is 276 g/mol. The van der Waals surface area contributed by atoms with Crippen LogP contribution in [0.1, 0.15) is 33.6 Å². The van der Waals surface area contributed by atoms with Crippen LogP contribution in [0.15, 0.2) is 11.0 Å². The molecule has 20 heavy (non-hydrogen) atoms. The van der Waals surface area contributed by atoms with Gasteiger partial charge >= 0.3 is 0 Å². The van der Waals surface area contributed by atoms with Crippen molar-refractivity contribution in [2.45, 2.75) is 52.2 Å². The molecule has 1 aromatic rings. The Morgan fingerprint density at radius 2 is 2.35 bits per heavy atom. The summed E-state index contributed by atoms with van der Waals surface area (Å²) in [7, 11) is 0. The molecule has 2 atom stereocenters. The summed E-state index contributed by atoms with van der Waals surface area (Å²) in [5.74, 6) is 0.361. The van der Waals surface area contributed by atoms with Crippen molar-refractivity contribution in [1.29, 1.82) is 0 Å². The molecule has 2 unspecified atom stereocenters. The smallest absolute Gasteiger partial charge is 0.287 e. The summed E-state index contributed by atoms with van der Waals surface area (Å²) in [6.45, 7) is 7.82. The average Bonchev–Trinajstić information content (AvgIpc) is 2.38. The lowest BCUT2D eigenvalue weighted by Crippen LogP contribution is -2.41. The Hall–Kier alpha value is -1.07. The van der Waals surface area contributed by atoms with E-state index >= 15 is 0 Å². The van der Waals surface area contributed by atoms with Gasteiger partial charge in [-0.25, -0.2) is 4.68 Å². The molecule has 1 saturated heterocycles. The van der Waals surface area contributed by atoms with E-state index < -0.39 is 0 Å². The molecule has 1 aliphatic rings. The number of halogens is 1. The third kappa shape index (κ3) is 3.73. The van der Waals surface area contributed by atoms with Crippen LogP contribution in [0.5, 0.6) is 0 Å². The molecule has 2 rings (SSSR count). The second kappa shape index (κ2) is 6.59. The second-order valence-corrected chi connectivity index (χ2v) is 6.35. The molecule has 0 aromatic carbocycles. The fraction of sp³-hybridized carbons (Fsp3) is 0.714. The molecule has 0 amide bonds. The van der Waals surface area contributed by atoms with Crippen molar-refractivity contribution in [3.8, 4) is 0 Å². The summed E-state index contributed by atoms with van der Waals surface area (Å²) >= 11 is 6.19. The minimum Gasteiger partial charge on any atom is -0.380 e. The maximum Gasteiger partial charge on any atom is 0.287 e. The second-order valence-electron chi connectivity index (χ2n) is 5.97. The highest BCUT2D eigenvalue weighted by molar-refractivity contribution is 6.32.